The van der Waals surface area contributed by atoms with Crippen molar-refractivity contribution in [1.82, 2.24) is 0 Å². The fourth-order valence-corrected chi connectivity index (χ4v) is 1.40. The average Bonchev–Trinajstić information content (AvgIpc) is 2.32. The minimum Gasteiger partial charge on any atom is -0.464 e. The lowest BCUT2D eigenvalue weighted by Gasteiger charge is -2.07. The van der Waals surface area contributed by atoms with Gasteiger partial charge in [-0.15, -0.1) is 0 Å². The Hall–Kier alpha value is -1.26. The lowest BCUT2D eigenvalue weighted by atomic mass is 10.3. The molecular formula is C12H16ClNO3. The third kappa shape index (κ3) is 6.14. The van der Waals surface area contributed by atoms with Crippen LogP contribution < -0.4 is 5.32 Å². The molecule has 1 aromatic rings. The minimum atomic E-state index is -0.291. The highest BCUT2D eigenvalue weighted by Crippen LogP contribution is 2.14. The van der Waals surface area contributed by atoms with E-state index in [1.165, 1.54) is 0 Å². The third-order valence-corrected chi connectivity index (χ3v) is 2.25. The van der Waals surface area contributed by atoms with E-state index in [0.29, 0.717) is 24.7 Å². The minimum absolute atomic E-state index is 0.132. The van der Waals surface area contributed by atoms with Crippen LogP contribution in [0.2, 0.25) is 5.02 Å². The summed E-state index contributed by atoms with van der Waals surface area (Å²) in [5.74, 6) is -0.291. The van der Waals surface area contributed by atoms with E-state index in [2.05, 4.69) is 5.32 Å². The van der Waals surface area contributed by atoms with Crippen LogP contribution in [0, 0.1) is 0 Å². The highest BCUT2D eigenvalue weighted by molar-refractivity contribution is 6.30. The summed E-state index contributed by atoms with van der Waals surface area (Å²) in [7, 11) is 1.61. The van der Waals surface area contributed by atoms with Gasteiger partial charge in [-0.25, -0.2) is 0 Å². The molecule has 94 valence electrons. The maximum atomic E-state index is 11.3. The Morgan fingerprint density at radius 1 is 1.41 bits per heavy atom. The first-order chi connectivity index (χ1) is 8.22. The largest absolute Gasteiger partial charge is 0.464 e. The second-order valence-electron chi connectivity index (χ2n) is 3.43. The molecule has 0 heterocycles. The molecular weight excluding hydrogens is 242 g/mol. The fraction of sp³-hybridized carbons (Fsp3) is 0.417. The molecule has 0 aliphatic carbocycles. The van der Waals surface area contributed by atoms with E-state index in [1.54, 1.807) is 19.2 Å². The van der Waals surface area contributed by atoms with Gasteiger partial charge >= 0.3 is 5.97 Å². The normalized spacial score (nSPS) is 10.0. The average molecular weight is 258 g/mol. The highest BCUT2D eigenvalue weighted by atomic mass is 35.5. The molecule has 17 heavy (non-hydrogen) atoms. The van der Waals surface area contributed by atoms with Crippen LogP contribution in [0.1, 0.15) is 6.42 Å². The van der Waals surface area contributed by atoms with Crippen LogP contribution in [-0.2, 0) is 14.3 Å². The maximum absolute atomic E-state index is 11.3. The molecule has 1 N–H and O–H groups in total. The molecule has 1 aromatic carbocycles. The third-order valence-electron chi connectivity index (χ3n) is 2.02. The van der Waals surface area contributed by atoms with Crippen LogP contribution in [0.3, 0.4) is 0 Å². The summed E-state index contributed by atoms with van der Waals surface area (Å²) >= 11 is 5.81. The lowest BCUT2D eigenvalue weighted by molar-refractivity contribution is -0.141. The van der Waals surface area contributed by atoms with Gasteiger partial charge in [0.25, 0.3) is 0 Å². The molecule has 0 spiro atoms. The Labute approximate surface area is 106 Å². The molecule has 1 rings (SSSR count). The lowest BCUT2D eigenvalue weighted by Crippen LogP contribution is -2.17. The van der Waals surface area contributed by atoms with Gasteiger partial charge in [0.05, 0.1) is 6.61 Å². The zero-order chi connectivity index (χ0) is 12.5. The zero-order valence-electron chi connectivity index (χ0n) is 9.74. The zero-order valence-corrected chi connectivity index (χ0v) is 10.5. The Kier molecular flexibility index (Phi) is 6.43. The van der Waals surface area contributed by atoms with Crippen molar-refractivity contribution in [3.05, 3.63) is 29.3 Å². The van der Waals surface area contributed by atoms with Gasteiger partial charge in [-0.1, -0.05) is 17.7 Å². The van der Waals surface area contributed by atoms with E-state index in [1.807, 2.05) is 12.1 Å². The first-order valence-electron chi connectivity index (χ1n) is 5.36. The number of carbonyl (C=O) groups excluding carboxylic acids is 1. The monoisotopic (exact) mass is 257 g/mol. The molecule has 0 aliphatic rings. The molecule has 0 amide bonds. The molecule has 5 heteroatoms. The van der Waals surface area contributed by atoms with Crippen LogP contribution >= 0.6 is 11.6 Å². The van der Waals surface area contributed by atoms with Crippen molar-refractivity contribution in [2.75, 3.05) is 32.2 Å². The van der Waals surface area contributed by atoms with Gasteiger partial charge in [0, 0.05) is 30.8 Å². The number of hydrogen-bond donors (Lipinski definition) is 1. The topological polar surface area (TPSA) is 47.6 Å². The molecule has 0 saturated carbocycles. The number of esters is 1. The molecule has 0 saturated heterocycles. The molecule has 0 fully saturated rings. The number of halogens is 1. The number of rotatable bonds is 7. The summed E-state index contributed by atoms with van der Waals surface area (Å²) in [6, 6.07) is 7.17. The van der Waals surface area contributed by atoms with Gasteiger partial charge in [0.1, 0.15) is 6.54 Å². The summed E-state index contributed by atoms with van der Waals surface area (Å²) in [6.07, 6.45) is 0.708. The highest BCUT2D eigenvalue weighted by Gasteiger charge is 2.02. The van der Waals surface area contributed by atoms with Crippen LogP contribution in [0.4, 0.5) is 5.69 Å². The summed E-state index contributed by atoms with van der Waals surface area (Å²) < 4.78 is 9.83. The van der Waals surface area contributed by atoms with Crippen LogP contribution in [0.5, 0.6) is 0 Å². The van der Waals surface area contributed by atoms with E-state index in [4.69, 9.17) is 21.1 Å². The molecule has 0 atom stereocenters. The van der Waals surface area contributed by atoms with Crippen LogP contribution in [0.15, 0.2) is 24.3 Å². The second-order valence-corrected chi connectivity index (χ2v) is 3.87. The molecule has 0 aromatic heterocycles. The van der Waals surface area contributed by atoms with Crippen molar-refractivity contribution in [1.29, 1.82) is 0 Å². The Morgan fingerprint density at radius 2 is 2.24 bits per heavy atom. The Bertz CT molecular complexity index is 357. The maximum Gasteiger partial charge on any atom is 0.325 e. The van der Waals surface area contributed by atoms with Crippen LogP contribution in [-0.4, -0.2) is 32.8 Å². The first kappa shape index (κ1) is 13.8. The smallest absolute Gasteiger partial charge is 0.325 e. The Morgan fingerprint density at radius 3 is 2.94 bits per heavy atom. The van der Waals surface area contributed by atoms with Crippen molar-refractivity contribution in [3.8, 4) is 0 Å². The van der Waals surface area contributed by atoms with Crippen molar-refractivity contribution in [3.63, 3.8) is 0 Å². The van der Waals surface area contributed by atoms with Gasteiger partial charge in [-0.3, -0.25) is 4.79 Å². The number of anilines is 1. The van der Waals surface area contributed by atoms with Gasteiger partial charge in [-0.2, -0.15) is 0 Å². The summed E-state index contributed by atoms with van der Waals surface area (Å²) in [5.41, 5.74) is 0.798. The quantitative estimate of drug-likeness (QED) is 0.602. The summed E-state index contributed by atoms with van der Waals surface area (Å²) in [6.45, 7) is 1.10. The van der Waals surface area contributed by atoms with E-state index >= 15 is 0 Å². The number of ether oxygens (including phenoxy) is 2. The van der Waals surface area contributed by atoms with E-state index < -0.39 is 0 Å². The fourth-order valence-electron chi connectivity index (χ4n) is 1.21. The molecule has 4 nitrogen and oxygen atoms in total. The number of methoxy groups -OCH3 is 1. The molecule has 0 aliphatic heterocycles. The number of hydrogen-bond acceptors (Lipinski definition) is 4. The molecule has 0 unspecified atom stereocenters. The van der Waals surface area contributed by atoms with Gasteiger partial charge in [0.15, 0.2) is 0 Å². The van der Waals surface area contributed by atoms with Gasteiger partial charge < -0.3 is 14.8 Å². The van der Waals surface area contributed by atoms with E-state index in [-0.39, 0.29) is 12.5 Å². The number of benzene rings is 1. The van der Waals surface area contributed by atoms with E-state index in [9.17, 15) is 4.79 Å². The van der Waals surface area contributed by atoms with Gasteiger partial charge in [0.2, 0.25) is 0 Å². The van der Waals surface area contributed by atoms with Gasteiger partial charge in [-0.05, 0) is 18.2 Å². The van der Waals surface area contributed by atoms with Crippen molar-refractivity contribution >= 4 is 23.3 Å². The number of carbonyl (C=O) groups is 1. The number of nitrogens with one attached hydrogen (secondary N) is 1. The predicted molar refractivity (Wildman–Crippen MR) is 67.4 cm³/mol. The van der Waals surface area contributed by atoms with E-state index in [0.717, 1.165) is 5.69 Å². The molecule has 0 radical (unpaired) electrons. The van der Waals surface area contributed by atoms with Crippen molar-refractivity contribution in [2.24, 2.45) is 0 Å². The standard InChI is InChI=1S/C12H16ClNO3/c1-16-6-3-7-17-12(15)9-14-11-5-2-4-10(13)8-11/h2,4-5,8,14H,3,6-7,9H2,1H3. The SMILES string of the molecule is COCCCOC(=O)CNc1cccc(Cl)c1. The Balaban J connectivity index is 2.19. The van der Waals surface area contributed by atoms with Crippen molar-refractivity contribution < 1.29 is 14.3 Å². The molecule has 0 bridgehead atoms. The summed E-state index contributed by atoms with van der Waals surface area (Å²) in [5, 5.41) is 3.56. The second kappa shape index (κ2) is 7.92. The summed E-state index contributed by atoms with van der Waals surface area (Å²) in [4.78, 5) is 11.3. The predicted octanol–water partition coefficient (Wildman–Crippen LogP) is 2.33. The first-order valence-corrected chi connectivity index (χ1v) is 5.74. The van der Waals surface area contributed by atoms with Crippen molar-refractivity contribution in [2.45, 2.75) is 6.42 Å². The van der Waals surface area contributed by atoms with Crippen LogP contribution in [0.25, 0.3) is 0 Å².